The Morgan fingerprint density at radius 1 is 1.21 bits per heavy atom. The first kappa shape index (κ1) is 20.9. The van der Waals surface area contributed by atoms with Crippen LogP contribution in [0.3, 0.4) is 0 Å². The molecule has 29 heavy (non-hydrogen) atoms. The molecule has 0 spiro atoms. The van der Waals surface area contributed by atoms with Gasteiger partial charge in [0, 0.05) is 42.2 Å². The smallest absolute Gasteiger partial charge is 0.269 e. The second-order valence-corrected chi connectivity index (χ2v) is 7.21. The molecule has 0 unspecified atom stereocenters. The van der Waals surface area contributed by atoms with E-state index in [4.69, 9.17) is 4.74 Å². The molecule has 152 valence electrons. The summed E-state index contributed by atoms with van der Waals surface area (Å²) in [5, 5.41) is 3.00. The third-order valence-corrected chi connectivity index (χ3v) is 5.09. The van der Waals surface area contributed by atoms with Crippen molar-refractivity contribution in [1.29, 1.82) is 0 Å². The zero-order valence-electron chi connectivity index (χ0n) is 16.1. The molecule has 0 bridgehead atoms. The molecule has 3 rings (SSSR count). The molecular formula is C20H19BrF2N4O2. The van der Waals surface area contributed by atoms with Crippen LogP contribution in [0.1, 0.15) is 22.6 Å². The van der Waals surface area contributed by atoms with Crippen LogP contribution in [0.4, 0.5) is 14.6 Å². The van der Waals surface area contributed by atoms with Crippen LogP contribution < -0.4 is 15.6 Å². The van der Waals surface area contributed by atoms with E-state index in [-0.39, 0.29) is 34.5 Å². The quantitative estimate of drug-likeness (QED) is 0.597. The van der Waals surface area contributed by atoms with Gasteiger partial charge in [-0.15, -0.1) is 0 Å². The average Bonchev–Trinajstić information content (AvgIpc) is 2.68. The predicted molar refractivity (Wildman–Crippen MR) is 109 cm³/mol. The van der Waals surface area contributed by atoms with Crippen LogP contribution in [0.5, 0.6) is 5.75 Å². The lowest BCUT2D eigenvalue weighted by Gasteiger charge is -2.16. The second-order valence-electron chi connectivity index (χ2n) is 6.42. The SMILES string of the molecule is CNc1nc(C)ncc1Cn1c(C)cc(OCc2ccc(F)cc2F)c(Br)c1=O. The lowest BCUT2D eigenvalue weighted by atomic mass is 10.2. The van der Waals surface area contributed by atoms with Gasteiger partial charge in [-0.05, 0) is 41.9 Å². The number of rotatable bonds is 6. The van der Waals surface area contributed by atoms with Crippen molar-refractivity contribution in [3.8, 4) is 5.75 Å². The first-order valence-electron chi connectivity index (χ1n) is 8.77. The molecule has 0 amide bonds. The molecule has 0 aliphatic rings. The van der Waals surface area contributed by atoms with Crippen molar-refractivity contribution in [2.24, 2.45) is 0 Å². The third kappa shape index (κ3) is 4.61. The molecular weight excluding hydrogens is 446 g/mol. The number of nitrogens with zero attached hydrogens (tertiary/aromatic N) is 3. The number of anilines is 1. The van der Waals surface area contributed by atoms with E-state index in [1.54, 1.807) is 37.7 Å². The summed E-state index contributed by atoms with van der Waals surface area (Å²) in [7, 11) is 1.75. The molecule has 2 aromatic heterocycles. The summed E-state index contributed by atoms with van der Waals surface area (Å²) < 4.78 is 34.2. The Morgan fingerprint density at radius 3 is 2.66 bits per heavy atom. The number of pyridine rings is 1. The molecule has 1 aromatic carbocycles. The molecule has 9 heteroatoms. The van der Waals surface area contributed by atoms with Gasteiger partial charge in [0.25, 0.3) is 5.56 Å². The molecule has 6 nitrogen and oxygen atoms in total. The van der Waals surface area contributed by atoms with E-state index in [0.717, 1.165) is 17.7 Å². The zero-order chi connectivity index (χ0) is 21.1. The van der Waals surface area contributed by atoms with Crippen molar-refractivity contribution in [2.45, 2.75) is 27.0 Å². The van der Waals surface area contributed by atoms with Crippen molar-refractivity contribution in [2.75, 3.05) is 12.4 Å². The minimum Gasteiger partial charge on any atom is -0.487 e. The standard InChI is InChI=1S/C20H19BrF2N4O2/c1-11-6-17(29-10-13-4-5-15(22)7-16(13)23)18(21)20(28)27(11)9-14-8-25-12(2)26-19(14)24-3/h4-8H,9-10H2,1-3H3,(H,24,25,26). The molecule has 0 aliphatic carbocycles. The van der Waals surface area contributed by atoms with Gasteiger partial charge in [-0.2, -0.15) is 0 Å². The Balaban J connectivity index is 1.87. The first-order chi connectivity index (χ1) is 13.8. The highest BCUT2D eigenvalue weighted by Gasteiger charge is 2.15. The van der Waals surface area contributed by atoms with Crippen molar-refractivity contribution in [1.82, 2.24) is 14.5 Å². The van der Waals surface area contributed by atoms with Crippen molar-refractivity contribution >= 4 is 21.7 Å². The summed E-state index contributed by atoms with van der Waals surface area (Å²) in [5.74, 6) is 0.186. The van der Waals surface area contributed by atoms with Crippen LogP contribution in [0.15, 0.2) is 39.7 Å². The Morgan fingerprint density at radius 2 is 1.97 bits per heavy atom. The molecule has 0 radical (unpaired) electrons. The number of aromatic nitrogens is 3. The van der Waals surface area contributed by atoms with Crippen molar-refractivity contribution < 1.29 is 13.5 Å². The number of hydrogen-bond acceptors (Lipinski definition) is 5. The number of halogens is 3. The van der Waals surface area contributed by atoms with Crippen LogP contribution in [0, 0.1) is 25.5 Å². The highest BCUT2D eigenvalue weighted by Crippen LogP contribution is 2.25. The van der Waals surface area contributed by atoms with Gasteiger partial charge in [0.15, 0.2) is 0 Å². The molecule has 0 fully saturated rings. The van der Waals surface area contributed by atoms with Crippen LogP contribution in [-0.2, 0) is 13.2 Å². The monoisotopic (exact) mass is 464 g/mol. The predicted octanol–water partition coefficient (Wildman–Crippen LogP) is 3.96. The molecule has 2 heterocycles. The van der Waals surface area contributed by atoms with Crippen LogP contribution >= 0.6 is 15.9 Å². The maximum atomic E-state index is 13.8. The van der Waals surface area contributed by atoms with E-state index in [1.165, 1.54) is 6.07 Å². The van der Waals surface area contributed by atoms with Gasteiger partial charge in [-0.25, -0.2) is 18.7 Å². The first-order valence-corrected chi connectivity index (χ1v) is 9.56. The van der Waals surface area contributed by atoms with Crippen molar-refractivity contribution in [3.05, 3.63) is 79.6 Å². The van der Waals surface area contributed by atoms with E-state index >= 15 is 0 Å². The Bertz CT molecular complexity index is 1120. The molecule has 3 aromatic rings. The van der Waals surface area contributed by atoms with E-state index in [1.807, 2.05) is 0 Å². The number of ether oxygens (including phenoxy) is 1. The number of benzene rings is 1. The van der Waals surface area contributed by atoms with Gasteiger partial charge in [0.05, 0.1) is 6.54 Å². The van der Waals surface area contributed by atoms with E-state index < -0.39 is 11.6 Å². The third-order valence-electron chi connectivity index (χ3n) is 4.36. The fraction of sp³-hybridized carbons (Fsp3) is 0.250. The summed E-state index contributed by atoms with van der Waals surface area (Å²) >= 11 is 3.27. The zero-order valence-corrected chi connectivity index (χ0v) is 17.7. The molecule has 0 atom stereocenters. The minimum atomic E-state index is -0.704. The summed E-state index contributed by atoms with van der Waals surface area (Å²) in [4.78, 5) is 21.4. The minimum absolute atomic E-state index is 0.136. The molecule has 0 saturated carbocycles. The normalized spacial score (nSPS) is 10.8. The summed E-state index contributed by atoms with van der Waals surface area (Å²) in [6, 6.07) is 4.94. The molecule has 1 N–H and O–H groups in total. The Labute approximate surface area is 174 Å². The topological polar surface area (TPSA) is 69.0 Å². The maximum Gasteiger partial charge on any atom is 0.269 e. The largest absolute Gasteiger partial charge is 0.487 e. The summed E-state index contributed by atoms with van der Waals surface area (Å²) in [5.41, 5.74) is 1.30. The van der Waals surface area contributed by atoms with Crippen LogP contribution in [-0.4, -0.2) is 21.6 Å². The summed E-state index contributed by atoms with van der Waals surface area (Å²) in [6.07, 6.45) is 1.68. The lowest BCUT2D eigenvalue weighted by molar-refractivity contribution is 0.296. The maximum absolute atomic E-state index is 13.8. The highest BCUT2D eigenvalue weighted by atomic mass is 79.9. The number of aryl methyl sites for hydroxylation is 2. The molecule has 0 aliphatic heterocycles. The van der Waals surface area contributed by atoms with Gasteiger partial charge in [-0.1, -0.05) is 0 Å². The second kappa shape index (κ2) is 8.69. The van der Waals surface area contributed by atoms with Crippen LogP contribution in [0.25, 0.3) is 0 Å². The van der Waals surface area contributed by atoms with E-state index in [0.29, 0.717) is 17.3 Å². The summed E-state index contributed by atoms with van der Waals surface area (Å²) in [6.45, 7) is 3.69. The highest BCUT2D eigenvalue weighted by molar-refractivity contribution is 9.10. The lowest BCUT2D eigenvalue weighted by Crippen LogP contribution is -2.25. The van der Waals surface area contributed by atoms with Gasteiger partial charge in [-0.3, -0.25) is 4.79 Å². The average molecular weight is 465 g/mol. The Kier molecular flexibility index (Phi) is 6.26. The fourth-order valence-electron chi connectivity index (χ4n) is 2.81. The number of nitrogens with one attached hydrogen (secondary N) is 1. The van der Waals surface area contributed by atoms with E-state index in [9.17, 15) is 13.6 Å². The van der Waals surface area contributed by atoms with Gasteiger partial charge in [0.1, 0.15) is 40.1 Å². The van der Waals surface area contributed by atoms with Gasteiger partial charge >= 0.3 is 0 Å². The van der Waals surface area contributed by atoms with Crippen LogP contribution in [0.2, 0.25) is 0 Å². The van der Waals surface area contributed by atoms with Gasteiger partial charge in [0.2, 0.25) is 0 Å². The van der Waals surface area contributed by atoms with Crippen molar-refractivity contribution in [3.63, 3.8) is 0 Å². The Hall–Kier alpha value is -2.81. The molecule has 0 saturated heterocycles. The van der Waals surface area contributed by atoms with Gasteiger partial charge < -0.3 is 14.6 Å². The number of hydrogen-bond donors (Lipinski definition) is 1. The fourth-order valence-corrected chi connectivity index (χ4v) is 3.25. The van der Waals surface area contributed by atoms with E-state index in [2.05, 4.69) is 31.2 Å².